The number of carbonyl (C=O) groups is 2. The fourth-order valence-corrected chi connectivity index (χ4v) is 3.85. The Morgan fingerprint density at radius 3 is 2.03 bits per heavy atom. The number of likely N-dealkylation sites (N-methyl/N-ethyl adjacent to an activating group) is 1. The molecule has 0 aromatic heterocycles. The molecule has 176 valence electrons. The molecule has 1 amide bonds. The van der Waals surface area contributed by atoms with Crippen LogP contribution < -0.4 is 5.32 Å². The standard InChI is InChI=1S/C27H27ClN2O4/c1-18(31)16-30(2)17-20-9-13-22(14-10-20)21-11-7-19(8-12-21)15-25(27(33)34)29-26(32)23-5-3-4-6-24(23)28/h3-14,25,31H,1,15-17H2,2H3,(H,29,32)(H,33,34). The lowest BCUT2D eigenvalue weighted by atomic mass is 9.99. The lowest BCUT2D eigenvalue weighted by molar-refractivity contribution is -0.139. The van der Waals surface area contributed by atoms with Crippen LogP contribution in [0.1, 0.15) is 21.5 Å². The Balaban J connectivity index is 1.64. The number of carboxylic acid groups (broad SMARTS) is 1. The Kier molecular flexibility index (Phi) is 8.46. The molecule has 0 aliphatic rings. The topological polar surface area (TPSA) is 89.9 Å². The number of carbonyl (C=O) groups excluding carboxylic acids is 1. The van der Waals surface area contributed by atoms with Crippen LogP contribution >= 0.6 is 11.6 Å². The number of halogens is 1. The number of nitrogens with one attached hydrogen (secondary N) is 1. The van der Waals surface area contributed by atoms with E-state index in [0.29, 0.717) is 13.1 Å². The van der Waals surface area contributed by atoms with Crippen molar-refractivity contribution in [2.45, 2.75) is 19.0 Å². The van der Waals surface area contributed by atoms with Crippen LogP contribution in [0.3, 0.4) is 0 Å². The molecule has 0 radical (unpaired) electrons. The molecular weight excluding hydrogens is 452 g/mol. The lowest BCUT2D eigenvalue weighted by Gasteiger charge is -2.16. The average Bonchev–Trinajstić information content (AvgIpc) is 2.79. The van der Waals surface area contributed by atoms with Crippen LogP contribution in [0.5, 0.6) is 0 Å². The van der Waals surface area contributed by atoms with Crippen LogP contribution in [-0.2, 0) is 17.8 Å². The molecule has 34 heavy (non-hydrogen) atoms. The van der Waals surface area contributed by atoms with Crippen molar-refractivity contribution in [2.24, 2.45) is 0 Å². The van der Waals surface area contributed by atoms with Gasteiger partial charge in [0.25, 0.3) is 5.91 Å². The minimum Gasteiger partial charge on any atom is -0.512 e. The SMILES string of the molecule is C=C(O)CN(C)Cc1ccc(-c2ccc(CC(NC(=O)c3ccccc3Cl)C(=O)O)cc2)cc1. The predicted octanol–water partition coefficient (Wildman–Crippen LogP) is 4.94. The highest BCUT2D eigenvalue weighted by Gasteiger charge is 2.22. The van der Waals surface area contributed by atoms with E-state index in [-0.39, 0.29) is 22.8 Å². The highest BCUT2D eigenvalue weighted by atomic mass is 35.5. The van der Waals surface area contributed by atoms with Crippen molar-refractivity contribution < 1.29 is 19.8 Å². The summed E-state index contributed by atoms with van der Waals surface area (Å²) in [6.45, 7) is 4.62. The summed E-state index contributed by atoms with van der Waals surface area (Å²) in [5.41, 5.74) is 4.17. The van der Waals surface area contributed by atoms with E-state index in [1.807, 2.05) is 60.5 Å². The van der Waals surface area contributed by atoms with Crippen LogP contribution in [0, 0.1) is 0 Å². The van der Waals surface area contributed by atoms with Crippen molar-refractivity contribution in [3.63, 3.8) is 0 Å². The molecule has 0 aliphatic carbocycles. The number of benzene rings is 3. The molecule has 0 bridgehead atoms. The Morgan fingerprint density at radius 1 is 0.941 bits per heavy atom. The molecule has 3 aromatic rings. The van der Waals surface area contributed by atoms with E-state index in [0.717, 1.165) is 22.3 Å². The number of hydrogen-bond donors (Lipinski definition) is 3. The fraction of sp³-hybridized carbons (Fsp3) is 0.185. The van der Waals surface area contributed by atoms with E-state index in [2.05, 4.69) is 11.9 Å². The summed E-state index contributed by atoms with van der Waals surface area (Å²) in [6, 6.07) is 21.1. The van der Waals surface area contributed by atoms with Crippen molar-refractivity contribution >= 4 is 23.5 Å². The van der Waals surface area contributed by atoms with Crippen molar-refractivity contribution in [3.05, 3.63) is 107 Å². The summed E-state index contributed by atoms with van der Waals surface area (Å²) in [5.74, 6) is -1.51. The second kappa shape index (κ2) is 11.5. The van der Waals surface area contributed by atoms with Gasteiger partial charge in [0.1, 0.15) is 6.04 Å². The Hall–Kier alpha value is -3.61. The van der Waals surface area contributed by atoms with Gasteiger partial charge in [0, 0.05) is 13.0 Å². The third-order valence-corrected chi connectivity index (χ3v) is 5.64. The third-order valence-electron chi connectivity index (χ3n) is 5.31. The molecule has 6 nitrogen and oxygen atoms in total. The molecule has 7 heteroatoms. The molecule has 3 rings (SSSR count). The average molecular weight is 479 g/mol. The Morgan fingerprint density at radius 2 is 1.50 bits per heavy atom. The van der Waals surface area contributed by atoms with Crippen LogP contribution in [0.25, 0.3) is 11.1 Å². The van der Waals surface area contributed by atoms with E-state index in [1.54, 1.807) is 24.3 Å². The van der Waals surface area contributed by atoms with E-state index in [9.17, 15) is 19.8 Å². The maximum absolute atomic E-state index is 12.5. The van der Waals surface area contributed by atoms with Gasteiger partial charge in [0.15, 0.2) is 0 Å². The van der Waals surface area contributed by atoms with Gasteiger partial charge in [-0.1, -0.05) is 78.8 Å². The van der Waals surface area contributed by atoms with Crippen molar-refractivity contribution in [3.8, 4) is 11.1 Å². The van der Waals surface area contributed by atoms with Crippen molar-refractivity contribution in [1.29, 1.82) is 0 Å². The summed E-state index contributed by atoms with van der Waals surface area (Å²) in [6.07, 6.45) is 0.146. The van der Waals surface area contributed by atoms with Crippen LogP contribution in [0.15, 0.2) is 85.1 Å². The van der Waals surface area contributed by atoms with Gasteiger partial charge in [-0.3, -0.25) is 9.69 Å². The first-order valence-corrected chi connectivity index (χ1v) is 11.1. The summed E-state index contributed by atoms with van der Waals surface area (Å²) in [7, 11) is 1.91. The number of aliphatic hydroxyl groups excluding tert-OH is 1. The predicted molar refractivity (Wildman–Crippen MR) is 134 cm³/mol. The number of carboxylic acids is 1. The molecule has 0 saturated heterocycles. The summed E-state index contributed by atoms with van der Waals surface area (Å²) < 4.78 is 0. The van der Waals surface area contributed by atoms with Gasteiger partial charge in [0.05, 0.1) is 22.9 Å². The van der Waals surface area contributed by atoms with E-state index in [1.165, 1.54) is 0 Å². The van der Waals surface area contributed by atoms with Gasteiger partial charge in [-0.05, 0) is 41.4 Å². The van der Waals surface area contributed by atoms with Gasteiger partial charge in [0.2, 0.25) is 0 Å². The van der Waals surface area contributed by atoms with E-state index in [4.69, 9.17) is 11.6 Å². The number of amides is 1. The highest BCUT2D eigenvalue weighted by Crippen LogP contribution is 2.22. The number of rotatable bonds is 10. The molecule has 1 unspecified atom stereocenters. The molecule has 0 fully saturated rings. The number of hydrogen-bond acceptors (Lipinski definition) is 4. The lowest BCUT2D eigenvalue weighted by Crippen LogP contribution is -2.42. The molecule has 0 spiro atoms. The zero-order valence-electron chi connectivity index (χ0n) is 18.9. The normalized spacial score (nSPS) is 11.7. The first-order chi connectivity index (χ1) is 16.2. The summed E-state index contributed by atoms with van der Waals surface area (Å²) in [4.78, 5) is 26.2. The van der Waals surface area contributed by atoms with Gasteiger partial charge in [-0.25, -0.2) is 4.79 Å². The highest BCUT2D eigenvalue weighted by molar-refractivity contribution is 6.33. The van der Waals surface area contributed by atoms with Crippen molar-refractivity contribution in [1.82, 2.24) is 10.2 Å². The largest absolute Gasteiger partial charge is 0.512 e. The number of aliphatic hydroxyl groups is 1. The van der Waals surface area contributed by atoms with Gasteiger partial charge in [-0.15, -0.1) is 0 Å². The van der Waals surface area contributed by atoms with Crippen molar-refractivity contribution in [2.75, 3.05) is 13.6 Å². The Bertz CT molecular complexity index is 1160. The maximum atomic E-state index is 12.5. The number of nitrogens with zero attached hydrogens (tertiary/aromatic N) is 1. The van der Waals surface area contributed by atoms with Crippen LogP contribution in [0.2, 0.25) is 5.02 Å². The molecule has 3 N–H and O–H groups in total. The summed E-state index contributed by atoms with van der Waals surface area (Å²) >= 11 is 6.05. The first-order valence-electron chi connectivity index (χ1n) is 10.7. The molecule has 0 aliphatic heterocycles. The molecule has 3 aromatic carbocycles. The fourth-order valence-electron chi connectivity index (χ4n) is 3.63. The van der Waals surface area contributed by atoms with Gasteiger partial charge >= 0.3 is 5.97 Å². The van der Waals surface area contributed by atoms with Crippen LogP contribution in [-0.4, -0.2) is 46.6 Å². The molecule has 0 heterocycles. The van der Waals surface area contributed by atoms with E-state index >= 15 is 0 Å². The zero-order valence-corrected chi connectivity index (χ0v) is 19.6. The van der Waals surface area contributed by atoms with E-state index < -0.39 is 17.9 Å². The smallest absolute Gasteiger partial charge is 0.326 e. The maximum Gasteiger partial charge on any atom is 0.326 e. The zero-order chi connectivity index (χ0) is 24.7. The first kappa shape index (κ1) is 25.0. The minimum absolute atomic E-state index is 0.132. The third kappa shape index (κ3) is 6.94. The second-order valence-electron chi connectivity index (χ2n) is 8.18. The summed E-state index contributed by atoms with van der Waals surface area (Å²) in [5, 5.41) is 21.7. The number of aliphatic carboxylic acids is 1. The quantitative estimate of drug-likeness (QED) is 0.359. The van der Waals surface area contributed by atoms with Gasteiger partial charge in [-0.2, -0.15) is 0 Å². The molecular formula is C27H27ClN2O4. The van der Waals surface area contributed by atoms with Crippen LogP contribution in [0.4, 0.5) is 0 Å². The monoisotopic (exact) mass is 478 g/mol. The second-order valence-corrected chi connectivity index (χ2v) is 8.59. The molecule has 0 saturated carbocycles. The Labute approximate surface area is 204 Å². The van der Waals surface area contributed by atoms with Gasteiger partial charge < -0.3 is 15.5 Å². The minimum atomic E-state index is -1.12. The molecule has 1 atom stereocenters.